The standard InChI is InChI=1S/C21H12I4O5/c22-14-6-12(7-15(23)19(14)27)18(26)13-8-16(24)20(17(25)9-13)30-21(28)29-10-11-4-2-1-3-5-11/h1-9,27H,10H2. The van der Waals surface area contributed by atoms with Crippen LogP contribution in [-0.2, 0) is 11.3 Å². The fourth-order valence-corrected chi connectivity index (χ4v) is 6.24. The van der Waals surface area contributed by atoms with E-state index in [4.69, 9.17) is 9.47 Å². The second kappa shape index (κ2) is 10.8. The first kappa shape index (κ1) is 24.0. The molecule has 0 spiro atoms. The monoisotopic (exact) mass is 852 g/mol. The largest absolute Gasteiger partial charge is 0.514 e. The molecule has 0 aromatic heterocycles. The van der Waals surface area contributed by atoms with Crippen molar-refractivity contribution in [2.45, 2.75) is 6.61 Å². The van der Waals surface area contributed by atoms with Gasteiger partial charge < -0.3 is 14.6 Å². The van der Waals surface area contributed by atoms with Crippen molar-refractivity contribution < 1.29 is 24.2 Å². The van der Waals surface area contributed by atoms with Crippen LogP contribution in [0, 0.1) is 14.3 Å². The highest BCUT2D eigenvalue weighted by Crippen LogP contribution is 2.32. The van der Waals surface area contributed by atoms with E-state index in [9.17, 15) is 14.7 Å². The van der Waals surface area contributed by atoms with Gasteiger partial charge in [0.1, 0.15) is 12.4 Å². The first-order chi connectivity index (χ1) is 14.3. The summed E-state index contributed by atoms with van der Waals surface area (Å²) in [5, 5.41) is 9.92. The lowest BCUT2D eigenvalue weighted by Crippen LogP contribution is -2.13. The molecule has 0 aliphatic heterocycles. The molecule has 9 heteroatoms. The summed E-state index contributed by atoms with van der Waals surface area (Å²) in [7, 11) is 0. The number of aromatic hydroxyl groups is 1. The molecule has 0 radical (unpaired) electrons. The molecule has 3 rings (SSSR count). The highest BCUT2D eigenvalue weighted by atomic mass is 127. The van der Waals surface area contributed by atoms with Gasteiger partial charge in [-0.3, -0.25) is 4.79 Å². The molecule has 0 unspecified atom stereocenters. The van der Waals surface area contributed by atoms with Crippen molar-refractivity contribution in [2.24, 2.45) is 0 Å². The molecular formula is C21H12I4O5. The van der Waals surface area contributed by atoms with Crippen LogP contribution in [-0.4, -0.2) is 17.0 Å². The van der Waals surface area contributed by atoms with Crippen LogP contribution >= 0.6 is 90.4 Å². The smallest absolute Gasteiger partial charge is 0.506 e. The van der Waals surface area contributed by atoms with E-state index in [1.54, 1.807) is 24.3 Å². The van der Waals surface area contributed by atoms with Gasteiger partial charge in [0.15, 0.2) is 11.5 Å². The van der Waals surface area contributed by atoms with Crippen LogP contribution in [0.15, 0.2) is 54.6 Å². The summed E-state index contributed by atoms with van der Waals surface area (Å²) in [4.78, 5) is 25.0. The van der Waals surface area contributed by atoms with E-state index in [0.29, 0.717) is 31.2 Å². The van der Waals surface area contributed by atoms with Gasteiger partial charge in [-0.1, -0.05) is 30.3 Å². The van der Waals surface area contributed by atoms with Crippen LogP contribution in [0.2, 0.25) is 0 Å². The topological polar surface area (TPSA) is 72.8 Å². The van der Waals surface area contributed by atoms with Gasteiger partial charge in [-0.25, -0.2) is 4.79 Å². The van der Waals surface area contributed by atoms with E-state index in [1.165, 1.54) is 0 Å². The maximum Gasteiger partial charge on any atom is 0.514 e. The zero-order chi connectivity index (χ0) is 21.8. The minimum atomic E-state index is -0.809. The highest BCUT2D eigenvalue weighted by molar-refractivity contribution is 14.1. The summed E-state index contributed by atoms with van der Waals surface area (Å²) in [6.07, 6.45) is -0.809. The molecule has 0 fully saturated rings. The average Bonchev–Trinajstić information content (AvgIpc) is 2.72. The number of hydrogen-bond acceptors (Lipinski definition) is 5. The molecule has 3 aromatic carbocycles. The first-order valence-corrected chi connectivity index (χ1v) is 12.7. The fraction of sp³-hybridized carbons (Fsp3) is 0.0476. The summed E-state index contributed by atoms with van der Waals surface area (Å²) in [6.45, 7) is 0.113. The van der Waals surface area contributed by atoms with Crippen LogP contribution in [0.5, 0.6) is 11.5 Å². The maximum atomic E-state index is 12.9. The van der Waals surface area contributed by atoms with Crippen LogP contribution in [0.1, 0.15) is 21.5 Å². The molecule has 0 heterocycles. The Morgan fingerprint density at radius 2 is 1.30 bits per heavy atom. The van der Waals surface area contributed by atoms with E-state index in [1.807, 2.05) is 121 Å². The number of halogens is 4. The lowest BCUT2D eigenvalue weighted by molar-refractivity contribution is 0.0922. The molecular weight excluding hydrogens is 840 g/mol. The van der Waals surface area contributed by atoms with Gasteiger partial charge in [-0.2, -0.15) is 0 Å². The van der Waals surface area contributed by atoms with Gasteiger partial charge in [0, 0.05) is 11.1 Å². The lowest BCUT2D eigenvalue weighted by atomic mass is 10.0. The third-order valence-corrected chi connectivity index (χ3v) is 7.17. The SMILES string of the molecule is O=C(OCc1ccccc1)Oc1c(I)cc(C(=O)c2cc(I)c(O)c(I)c2)cc1I. The highest BCUT2D eigenvalue weighted by Gasteiger charge is 2.19. The zero-order valence-corrected chi connectivity index (χ0v) is 23.6. The van der Waals surface area contributed by atoms with Crippen LogP contribution < -0.4 is 4.74 Å². The third-order valence-electron chi connectivity index (χ3n) is 3.92. The minimum absolute atomic E-state index is 0.113. The first-order valence-electron chi connectivity index (χ1n) is 8.36. The van der Waals surface area contributed by atoms with E-state index >= 15 is 0 Å². The summed E-state index contributed by atoms with van der Waals surface area (Å²) < 4.78 is 13.0. The van der Waals surface area contributed by atoms with Crippen LogP contribution in [0.4, 0.5) is 4.79 Å². The van der Waals surface area contributed by atoms with E-state index in [2.05, 4.69) is 0 Å². The van der Waals surface area contributed by atoms with Crippen molar-refractivity contribution in [1.82, 2.24) is 0 Å². The zero-order valence-electron chi connectivity index (χ0n) is 15.0. The maximum absolute atomic E-state index is 12.9. The number of ketones is 1. The third kappa shape index (κ3) is 5.97. The molecule has 5 nitrogen and oxygen atoms in total. The number of rotatable bonds is 5. The minimum Gasteiger partial charge on any atom is -0.506 e. The van der Waals surface area contributed by atoms with Gasteiger partial charge in [-0.05, 0) is 120 Å². The number of ether oxygens (including phenoxy) is 2. The average molecular weight is 852 g/mol. The summed E-state index contributed by atoms with van der Waals surface area (Å²) >= 11 is 8.03. The molecule has 0 aliphatic carbocycles. The molecule has 0 atom stereocenters. The summed E-state index contributed by atoms with van der Waals surface area (Å²) in [5.41, 5.74) is 1.80. The van der Waals surface area contributed by atoms with Crippen molar-refractivity contribution in [3.8, 4) is 11.5 Å². The Morgan fingerprint density at radius 3 is 1.83 bits per heavy atom. The van der Waals surface area contributed by atoms with E-state index in [-0.39, 0.29) is 18.1 Å². The number of carbonyl (C=O) groups excluding carboxylic acids is 2. The molecule has 3 aromatic rings. The summed E-state index contributed by atoms with van der Waals surface area (Å²) in [6, 6.07) is 15.9. The second-order valence-corrected chi connectivity index (χ2v) is 10.7. The predicted octanol–water partition coefficient (Wildman–Crippen LogP) is 6.76. The van der Waals surface area contributed by atoms with Gasteiger partial charge in [0.25, 0.3) is 0 Å². The number of phenolic OH excluding ortho intramolecular Hbond substituents is 1. The Bertz CT molecular complexity index is 1070. The van der Waals surface area contributed by atoms with Gasteiger partial charge in [0.05, 0.1) is 14.3 Å². The van der Waals surface area contributed by atoms with Crippen LogP contribution in [0.25, 0.3) is 0 Å². The second-order valence-electron chi connectivity index (χ2n) is 6.01. The quantitative estimate of drug-likeness (QED) is 0.133. The molecule has 30 heavy (non-hydrogen) atoms. The Kier molecular flexibility index (Phi) is 8.60. The van der Waals surface area contributed by atoms with Crippen LogP contribution in [0.3, 0.4) is 0 Å². The van der Waals surface area contributed by atoms with Gasteiger partial charge in [-0.15, -0.1) is 0 Å². The van der Waals surface area contributed by atoms with Gasteiger partial charge >= 0.3 is 6.16 Å². The van der Waals surface area contributed by atoms with Gasteiger partial charge in [0.2, 0.25) is 0 Å². The van der Waals surface area contributed by atoms with Crippen molar-refractivity contribution in [3.05, 3.63) is 85.6 Å². The molecule has 0 saturated heterocycles. The van der Waals surface area contributed by atoms with E-state index in [0.717, 1.165) is 5.56 Å². The summed E-state index contributed by atoms with van der Waals surface area (Å²) in [5.74, 6) is 0.329. The van der Waals surface area contributed by atoms with Crippen molar-refractivity contribution in [3.63, 3.8) is 0 Å². The normalized spacial score (nSPS) is 10.5. The lowest BCUT2D eigenvalue weighted by Gasteiger charge is -2.12. The molecule has 0 saturated carbocycles. The van der Waals surface area contributed by atoms with Crippen molar-refractivity contribution in [2.75, 3.05) is 0 Å². The fourth-order valence-electron chi connectivity index (χ4n) is 2.48. The van der Waals surface area contributed by atoms with E-state index < -0.39 is 6.16 Å². The Hall–Kier alpha value is -0.680. The Balaban J connectivity index is 1.76. The molecule has 154 valence electrons. The number of carbonyl (C=O) groups is 2. The number of benzene rings is 3. The predicted molar refractivity (Wildman–Crippen MR) is 146 cm³/mol. The molecule has 1 N–H and O–H groups in total. The van der Waals surface area contributed by atoms with Crippen molar-refractivity contribution in [1.29, 1.82) is 0 Å². The molecule has 0 amide bonds. The van der Waals surface area contributed by atoms with Crippen molar-refractivity contribution >= 4 is 102 Å². The Morgan fingerprint density at radius 1 is 0.800 bits per heavy atom. The number of hydrogen-bond donors (Lipinski definition) is 1. The Labute approximate surface area is 227 Å². The number of phenols is 1. The molecule has 0 bridgehead atoms. The molecule has 0 aliphatic rings.